The lowest BCUT2D eigenvalue weighted by Crippen LogP contribution is -2.60. The van der Waals surface area contributed by atoms with Crippen molar-refractivity contribution in [2.45, 2.75) is 18.4 Å². The maximum atomic E-state index is 10.6. The quantitative estimate of drug-likeness (QED) is 0.347. The Morgan fingerprint density at radius 1 is 1.75 bits per heavy atom. The Hall–Kier alpha value is -0.650. The van der Waals surface area contributed by atoms with Crippen LogP contribution in [0.1, 0.15) is 6.42 Å². The van der Waals surface area contributed by atoms with Crippen molar-refractivity contribution in [2.24, 2.45) is 0 Å². The highest BCUT2D eigenvalue weighted by Gasteiger charge is 2.96. The van der Waals surface area contributed by atoms with Crippen molar-refractivity contribution in [3.05, 3.63) is 0 Å². The molecule has 3 fully saturated rings. The van der Waals surface area contributed by atoms with E-state index in [4.69, 9.17) is 5.11 Å². The third-order valence-electron chi connectivity index (χ3n) is 3.34. The summed E-state index contributed by atoms with van der Waals surface area (Å²) in [5, 5.41) is 15.3. The minimum atomic E-state index is -0.688. The fraction of sp³-hybridized carbons (Fsp3) is 0.857. The maximum absolute atomic E-state index is 10.6. The molecule has 0 aromatic carbocycles. The Balaban J connectivity index is 1.81. The predicted octanol–water partition coefficient (Wildman–Crippen LogP) is -1.52. The molecule has 5 nitrogen and oxygen atoms in total. The van der Waals surface area contributed by atoms with Gasteiger partial charge in [-0.05, 0) is 0 Å². The lowest BCUT2D eigenvalue weighted by Gasteiger charge is -2.31. The molecule has 2 unspecified atom stereocenters. The smallest absolute Gasteiger partial charge is 0.359 e. The van der Waals surface area contributed by atoms with Crippen LogP contribution in [0.15, 0.2) is 0 Å². The van der Waals surface area contributed by atoms with Gasteiger partial charge in [0, 0.05) is 13.0 Å². The number of nitrogens with one attached hydrogen (secondary N) is 2. The molecular weight excluding hydrogens is 158 g/mol. The Kier molecular flexibility index (Phi) is 0.943. The topological polar surface area (TPSA) is 71.3 Å². The van der Waals surface area contributed by atoms with Crippen molar-refractivity contribution in [1.29, 1.82) is 0 Å². The molecule has 3 rings (SSSR count). The van der Waals surface area contributed by atoms with Crippen molar-refractivity contribution in [3.8, 4) is 0 Å². The van der Waals surface area contributed by atoms with E-state index < -0.39 is 5.97 Å². The van der Waals surface area contributed by atoms with Crippen LogP contribution in [0, 0.1) is 0 Å². The van der Waals surface area contributed by atoms with Crippen molar-refractivity contribution in [2.75, 3.05) is 19.6 Å². The number of carboxylic acid groups (broad SMARTS) is 1. The van der Waals surface area contributed by atoms with Crippen LogP contribution >= 0.6 is 0 Å². The summed E-state index contributed by atoms with van der Waals surface area (Å²) in [7, 11) is 0. The van der Waals surface area contributed by atoms with Crippen molar-refractivity contribution in [3.63, 3.8) is 0 Å². The summed E-state index contributed by atoms with van der Waals surface area (Å²) in [4.78, 5) is 10.6. The van der Waals surface area contributed by atoms with Crippen LogP contribution in [0.5, 0.6) is 0 Å². The number of aliphatic carboxylic acids is 1. The summed E-state index contributed by atoms with van der Waals surface area (Å²) in [6, 6.07) is 0. The monoisotopic (exact) mass is 170 g/mol. The molecule has 66 valence electrons. The third kappa shape index (κ3) is 0.522. The minimum absolute atomic E-state index is 0.00333. The second kappa shape index (κ2) is 1.66. The van der Waals surface area contributed by atoms with Gasteiger partial charge >= 0.3 is 5.97 Å². The lowest BCUT2D eigenvalue weighted by atomic mass is 10.3. The average Bonchev–Trinajstić information content (AvgIpc) is 2.80. The van der Waals surface area contributed by atoms with Crippen LogP contribution < -0.4 is 10.6 Å². The second-order valence-electron chi connectivity index (χ2n) is 3.90. The van der Waals surface area contributed by atoms with E-state index in [2.05, 4.69) is 10.6 Å². The van der Waals surface area contributed by atoms with Crippen molar-refractivity contribution in [1.82, 2.24) is 10.6 Å². The molecule has 1 spiro atoms. The van der Waals surface area contributed by atoms with Gasteiger partial charge in [-0.1, -0.05) is 0 Å². The first-order chi connectivity index (χ1) is 5.71. The molecule has 0 amide bonds. The van der Waals surface area contributed by atoms with Gasteiger partial charge in [0.05, 0.1) is 6.54 Å². The highest BCUT2D eigenvalue weighted by Crippen LogP contribution is 2.59. The van der Waals surface area contributed by atoms with E-state index in [1.54, 1.807) is 0 Å². The Morgan fingerprint density at radius 2 is 2.58 bits per heavy atom. The minimum Gasteiger partial charge on any atom is -0.477 e. The van der Waals surface area contributed by atoms with E-state index in [1.165, 1.54) is 0 Å². The van der Waals surface area contributed by atoms with Gasteiger partial charge in [0.25, 0.3) is 5.79 Å². The number of nitrogens with zero attached hydrogens (tertiary/aromatic N) is 1. The number of hydrogen-bond donors (Lipinski definition) is 3. The summed E-state index contributed by atoms with van der Waals surface area (Å²) in [5.74, 6) is -0.691. The molecule has 0 aliphatic carbocycles. The lowest BCUT2D eigenvalue weighted by molar-refractivity contribution is -0.873. The zero-order chi connectivity index (χ0) is 8.40. The summed E-state index contributed by atoms with van der Waals surface area (Å²) >= 11 is 0. The number of quaternary nitrogens is 1. The number of rotatable bonds is 2. The van der Waals surface area contributed by atoms with Crippen LogP contribution in [0.25, 0.3) is 0 Å². The van der Waals surface area contributed by atoms with Crippen LogP contribution in [-0.4, -0.2) is 47.1 Å². The number of carbonyl (C=O) groups is 1. The van der Waals surface area contributed by atoms with Gasteiger partial charge in [0.1, 0.15) is 0 Å². The van der Waals surface area contributed by atoms with E-state index in [1.807, 2.05) is 0 Å². The van der Waals surface area contributed by atoms with Gasteiger partial charge < -0.3 is 5.11 Å². The summed E-state index contributed by atoms with van der Waals surface area (Å²) < 4.78 is 0.738. The van der Waals surface area contributed by atoms with Crippen LogP contribution in [0.4, 0.5) is 0 Å². The van der Waals surface area contributed by atoms with E-state index in [0.29, 0.717) is 6.17 Å². The molecule has 3 N–H and O–H groups in total. The first-order valence-electron chi connectivity index (χ1n) is 4.33. The van der Waals surface area contributed by atoms with Crippen molar-refractivity contribution < 1.29 is 14.4 Å². The standard InChI is InChI=1S/C7H11N3O2/c11-5(12)4-10-3-1-2-8-7(10)6(10)9-7/h6,8-9H,1-4H2/p+1/t6?,7-,10?/m1/s1. The van der Waals surface area contributed by atoms with Gasteiger partial charge in [-0.25, -0.2) is 10.1 Å². The fourth-order valence-corrected chi connectivity index (χ4v) is 2.66. The second-order valence-corrected chi connectivity index (χ2v) is 3.90. The molecular formula is C7H12N3O2+. The van der Waals surface area contributed by atoms with Gasteiger partial charge in [0.15, 0.2) is 6.54 Å². The molecule has 0 bridgehead atoms. The SMILES string of the molecule is O=C(O)C[N+]12CCCN[C@]13NC32. The van der Waals surface area contributed by atoms with Crippen LogP contribution in [0.3, 0.4) is 0 Å². The van der Waals surface area contributed by atoms with Crippen LogP contribution in [0.2, 0.25) is 0 Å². The highest BCUT2D eigenvalue weighted by atomic mass is 16.4. The van der Waals surface area contributed by atoms with Gasteiger partial charge in [0.2, 0.25) is 6.17 Å². The van der Waals surface area contributed by atoms with Gasteiger partial charge in [-0.3, -0.25) is 4.48 Å². The van der Waals surface area contributed by atoms with Crippen LogP contribution in [-0.2, 0) is 4.79 Å². The molecule has 0 aromatic heterocycles. The van der Waals surface area contributed by atoms with E-state index >= 15 is 0 Å². The van der Waals surface area contributed by atoms with Gasteiger partial charge in [-0.2, -0.15) is 5.32 Å². The van der Waals surface area contributed by atoms with Crippen molar-refractivity contribution >= 4 is 5.97 Å². The maximum Gasteiger partial charge on any atom is 0.359 e. The molecule has 0 radical (unpaired) electrons. The summed E-state index contributed by atoms with van der Waals surface area (Å²) in [6.45, 7) is 2.30. The largest absolute Gasteiger partial charge is 0.477 e. The fourth-order valence-electron chi connectivity index (χ4n) is 2.66. The zero-order valence-corrected chi connectivity index (χ0v) is 6.71. The molecule has 3 heterocycles. The normalized spacial score (nSPS) is 53.8. The van der Waals surface area contributed by atoms with Gasteiger partial charge in [-0.15, -0.1) is 0 Å². The predicted molar refractivity (Wildman–Crippen MR) is 39.9 cm³/mol. The Morgan fingerprint density at radius 3 is 3.17 bits per heavy atom. The molecule has 0 saturated carbocycles. The molecule has 0 aromatic rings. The average molecular weight is 170 g/mol. The number of fused-ring (bicyclic) bond motifs is 1. The highest BCUT2D eigenvalue weighted by molar-refractivity contribution is 5.68. The summed E-state index contributed by atoms with van der Waals surface area (Å²) in [5.41, 5.74) is 0. The first kappa shape index (κ1) is 6.82. The Bertz CT molecular complexity index is 269. The van der Waals surface area contributed by atoms with E-state index in [0.717, 1.165) is 24.0 Å². The zero-order valence-electron chi connectivity index (χ0n) is 6.71. The molecule has 12 heavy (non-hydrogen) atoms. The Labute approximate surface area is 69.9 Å². The number of carboxylic acids is 1. The number of hydrogen-bond acceptors (Lipinski definition) is 3. The summed E-state index contributed by atoms with van der Waals surface area (Å²) in [6.07, 6.45) is 1.49. The third-order valence-corrected chi connectivity index (χ3v) is 3.34. The molecule has 3 atom stereocenters. The van der Waals surface area contributed by atoms with E-state index in [-0.39, 0.29) is 12.3 Å². The molecule has 3 aliphatic rings. The van der Waals surface area contributed by atoms with E-state index in [9.17, 15) is 4.79 Å². The molecule has 3 saturated heterocycles. The molecule has 5 heteroatoms. The molecule has 3 aliphatic heterocycles. The first-order valence-corrected chi connectivity index (χ1v) is 4.33.